The molecule has 0 aliphatic carbocycles. The van der Waals surface area contributed by atoms with E-state index in [9.17, 15) is 19.5 Å². The van der Waals surface area contributed by atoms with Crippen molar-refractivity contribution in [2.75, 3.05) is 17.8 Å². The topological polar surface area (TPSA) is 142 Å². The van der Waals surface area contributed by atoms with Gasteiger partial charge in [-0.1, -0.05) is 0 Å². The molecule has 0 aromatic heterocycles. The molecule has 22 heavy (non-hydrogen) atoms. The second-order valence-corrected chi connectivity index (χ2v) is 6.05. The van der Waals surface area contributed by atoms with Crippen molar-refractivity contribution in [3.63, 3.8) is 0 Å². The van der Waals surface area contributed by atoms with E-state index in [-0.39, 0.29) is 5.75 Å². The molecule has 0 aliphatic heterocycles. The molecule has 0 bridgehead atoms. The first kappa shape index (κ1) is 21.0. The van der Waals surface area contributed by atoms with E-state index >= 15 is 0 Å². The number of amides is 2. The fraction of sp³-hybridized carbons (Fsp3) is 0.750. The van der Waals surface area contributed by atoms with Gasteiger partial charge in [0.1, 0.15) is 6.04 Å². The summed E-state index contributed by atoms with van der Waals surface area (Å²) in [7, 11) is 0. The molecule has 0 spiro atoms. The Hall–Kier alpha value is -0.970. The molecular formula is C12H23N3O5S2. The third-order valence-corrected chi connectivity index (χ3v) is 3.86. The number of nitrogens with two attached hydrogens (primary N) is 1. The number of carbonyl (C=O) groups excluding carboxylic acids is 2. The Labute approximate surface area is 139 Å². The Balaban J connectivity index is 4.89. The van der Waals surface area contributed by atoms with E-state index in [4.69, 9.17) is 10.8 Å². The highest BCUT2D eigenvalue weighted by Gasteiger charge is 2.29. The molecule has 128 valence electrons. The molecule has 0 aromatic rings. The van der Waals surface area contributed by atoms with Gasteiger partial charge in [-0.15, -0.1) is 0 Å². The summed E-state index contributed by atoms with van der Waals surface area (Å²) in [6.45, 7) is 1.26. The zero-order valence-corrected chi connectivity index (χ0v) is 14.2. The molecule has 0 heterocycles. The molecule has 0 radical (unpaired) electrons. The van der Waals surface area contributed by atoms with Gasteiger partial charge in [-0.2, -0.15) is 24.4 Å². The largest absolute Gasteiger partial charge is 0.480 e. The van der Waals surface area contributed by atoms with Crippen LogP contribution in [-0.4, -0.2) is 70.0 Å². The minimum absolute atomic E-state index is 0.119. The molecule has 4 atom stereocenters. The number of thioether (sulfide) groups is 1. The number of carboxylic acid groups (broad SMARTS) is 1. The van der Waals surface area contributed by atoms with Gasteiger partial charge in [0.05, 0.1) is 12.1 Å². The Morgan fingerprint density at radius 3 is 2.27 bits per heavy atom. The summed E-state index contributed by atoms with van der Waals surface area (Å²) in [6, 6.07) is -3.23. The molecular weight excluding hydrogens is 330 g/mol. The van der Waals surface area contributed by atoms with E-state index in [1.165, 1.54) is 18.7 Å². The summed E-state index contributed by atoms with van der Waals surface area (Å²) in [4.78, 5) is 34.9. The highest BCUT2D eigenvalue weighted by atomic mass is 32.2. The van der Waals surface area contributed by atoms with Crippen LogP contribution < -0.4 is 16.4 Å². The van der Waals surface area contributed by atoms with Crippen LogP contribution in [0.2, 0.25) is 0 Å². The summed E-state index contributed by atoms with van der Waals surface area (Å²) in [5, 5.41) is 23.0. The Bertz CT molecular complexity index is 395. The lowest BCUT2D eigenvalue weighted by Crippen LogP contribution is -2.56. The third kappa shape index (κ3) is 7.34. The van der Waals surface area contributed by atoms with Crippen LogP contribution in [-0.2, 0) is 14.4 Å². The van der Waals surface area contributed by atoms with Crippen molar-refractivity contribution in [3.8, 4) is 0 Å². The zero-order chi connectivity index (χ0) is 17.3. The molecule has 6 N–H and O–H groups in total. The van der Waals surface area contributed by atoms with Crippen LogP contribution in [0.4, 0.5) is 0 Å². The lowest BCUT2D eigenvalue weighted by Gasteiger charge is -2.23. The van der Waals surface area contributed by atoms with Crippen molar-refractivity contribution in [1.82, 2.24) is 10.6 Å². The summed E-state index contributed by atoms with van der Waals surface area (Å²) >= 11 is 5.38. The first-order valence-electron chi connectivity index (χ1n) is 6.61. The van der Waals surface area contributed by atoms with Gasteiger partial charge in [-0.05, 0) is 25.4 Å². The molecule has 0 rings (SSSR count). The van der Waals surface area contributed by atoms with Crippen LogP contribution in [0.15, 0.2) is 0 Å². The van der Waals surface area contributed by atoms with Crippen LogP contribution in [0, 0.1) is 0 Å². The summed E-state index contributed by atoms with van der Waals surface area (Å²) in [6.07, 6.45) is 0.883. The smallest absolute Gasteiger partial charge is 0.328 e. The number of aliphatic carboxylic acids is 1. The Morgan fingerprint density at radius 2 is 1.86 bits per heavy atom. The van der Waals surface area contributed by atoms with E-state index in [0.29, 0.717) is 12.2 Å². The fourth-order valence-corrected chi connectivity index (χ4v) is 2.15. The zero-order valence-electron chi connectivity index (χ0n) is 12.5. The number of rotatable bonds is 10. The van der Waals surface area contributed by atoms with Gasteiger partial charge < -0.3 is 26.6 Å². The predicted octanol–water partition coefficient (Wildman–Crippen LogP) is -1.57. The van der Waals surface area contributed by atoms with Gasteiger partial charge in [0.2, 0.25) is 11.8 Å². The predicted molar refractivity (Wildman–Crippen MR) is 88.0 cm³/mol. The molecule has 8 nitrogen and oxygen atoms in total. The van der Waals surface area contributed by atoms with Gasteiger partial charge in [-0.25, -0.2) is 4.79 Å². The van der Waals surface area contributed by atoms with Crippen LogP contribution in [0.25, 0.3) is 0 Å². The molecule has 2 amide bonds. The average Bonchev–Trinajstić information content (AvgIpc) is 2.46. The maximum Gasteiger partial charge on any atom is 0.328 e. The van der Waals surface area contributed by atoms with E-state index in [0.717, 1.165) is 0 Å². The quantitative estimate of drug-likeness (QED) is 0.261. The van der Waals surface area contributed by atoms with Crippen LogP contribution in [0.3, 0.4) is 0 Å². The highest BCUT2D eigenvalue weighted by Crippen LogP contribution is 2.03. The monoisotopic (exact) mass is 353 g/mol. The van der Waals surface area contributed by atoms with Gasteiger partial charge in [0.25, 0.3) is 0 Å². The number of nitrogens with one attached hydrogen (secondary N) is 2. The fourth-order valence-electron chi connectivity index (χ4n) is 1.51. The number of carbonyl (C=O) groups is 3. The van der Waals surface area contributed by atoms with Crippen LogP contribution in [0.1, 0.15) is 13.3 Å². The minimum atomic E-state index is -1.44. The molecule has 4 unspecified atom stereocenters. The van der Waals surface area contributed by atoms with Crippen molar-refractivity contribution in [2.24, 2.45) is 5.73 Å². The first-order chi connectivity index (χ1) is 10.2. The van der Waals surface area contributed by atoms with Crippen molar-refractivity contribution in [3.05, 3.63) is 0 Å². The summed E-state index contributed by atoms with van der Waals surface area (Å²) in [5.74, 6) is -1.87. The normalized spacial score (nSPS) is 16.2. The van der Waals surface area contributed by atoms with Gasteiger partial charge in [0.15, 0.2) is 6.04 Å². The lowest BCUT2D eigenvalue weighted by molar-refractivity contribution is -0.145. The highest BCUT2D eigenvalue weighted by molar-refractivity contribution is 7.98. The number of thiol groups is 1. The van der Waals surface area contributed by atoms with Crippen LogP contribution in [0.5, 0.6) is 0 Å². The first-order valence-corrected chi connectivity index (χ1v) is 8.64. The number of hydrogen-bond donors (Lipinski definition) is 6. The Morgan fingerprint density at radius 1 is 1.27 bits per heavy atom. The molecule has 0 aliphatic rings. The van der Waals surface area contributed by atoms with Crippen molar-refractivity contribution < 1.29 is 24.6 Å². The molecule has 0 aromatic carbocycles. The number of aliphatic hydroxyl groups is 1. The van der Waals surface area contributed by atoms with E-state index in [2.05, 4.69) is 23.3 Å². The Kier molecular flexibility index (Phi) is 10.2. The van der Waals surface area contributed by atoms with Crippen molar-refractivity contribution in [2.45, 2.75) is 37.6 Å². The maximum absolute atomic E-state index is 12.1. The number of hydrogen-bond acceptors (Lipinski definition) is 7. The average molecular weight is 353 g/mol. The summed E-state index contributed by atoms with van der Waals surface area (Å²) in [5.41, 5.74) is 5.53. The molecule has 0 saturated carbocycles. The minimum Gasteiger partial charge on any atom is -0.480 e. The molecule has 10 heteroatoms. The summed E-state index contributed by atoms with van der Waals surface area (Å²) < 4.78 is 0. The molecule has 0 fully saturated rings. The lowest BCUT2D eigenvalue weighted by atomic mass is 10.1. The van der Waals surface area contributed by atoms with Crippen LogP contribution >= 0.6 is 24.4 Å². The van der Waals surface area contributed by atoms with Crippen molar-refractivity contribution in [1.29, 1.82) is 0 Å². The third-order valence-electron chi connectivity index (χ3n) is 2.82. The van der Waals surface area contributed by atoms with E-state index in [1.54, 1.807) is 0 Å². The van der Waals surface area contributed by atoms with E-state index in [1.807, 2.05) is 6.26 Å². The SMILES string of the molecule is CSCCC(NC(=O)C(N)CS)C(=O)NC(C(=O)O)C(C)O. The second kappa shape index (κ2) is 10.7. The van der Waals surface area contributed by atoms with Crippen molar-refractivity contribution >= 4 is 42.2 Å². The second-order valence-electron chi connectivity index (χ2n) is 4.70. The van der Waals surface area contributed by atoms with E-state index < -0.39 is 42.0 Å². The number of carboxylic acids is 1. The van der Waals surface area contributed by atoms with Gasteiger partial charge >= 0.3 is 5.97 Å². The number of aliphatic hydroxyl groups excluding tert-OH is 1. The van der Waals surface area contributed by atoms with Gasteiger partial charge in [0, 0.05) is 5.75 Å². The maximum atomic E-state index is 12.1. The molecule has 0 saturated heterocycles. The van der Waals surface area contributed by atoms with Gasteiger partial charge in [-0.3, -0.25) is 9.59 Å². The standard InChI is InChI=1S/C12H23N3O5S2/c1-6(16)9(12(19)20)15-11(18)8(3-4-22-2)14-10(17)7(13)5-21/h6-9,16,21H,3-5,13H2,1-2H3,(H,14,17)(H,15,18)(H,19,20).